The van der Waals surface area contributed by atoms with Crippen LogP contribution in [-0.4, -0.2) is 16.3 Å². The van der Waals surface area contributed by atoms with Gasteiger partial charge in [-0.2, -0.15) is 0 Å². The average molecular weight is 386 g/mol. The summed E-state index contributed by atoms with van der Waals surface area (Å²) in [5.74, 6) is 0.776. The fourth-order valence-electron chi connectivity index (χ4n) is 3.19. The molecule has 2 aromatic carbocycles. The Balaban J connectivity index is 1.73. The highest BCUT2D eigenvalue weighted by Crippen LogP contribution is 2.34. The Morgan fingerprint density at radius 2 is 2.11 bits per heavy atom. The van der Waals surface area contributed by atoms with E-state index in [1.54, 1.807) is 10.6 Å². The zero-order chi connectivity index (χ0) is 19.0. The highest BCUT2D eigenvalue weighted by atomic mass is 32.2. The second-order valence-electron chi connectivity index (χ2n) is 6.63. The van der Waals surface area contributed by atoms with E-state index in [2.05, 4.69) is 4.98 Å². The summed E-state index contributed by atoms with van der Waals surface area (Å²) in [6.07, 6.45) is 0. The van der Waals surface area contributed by atoms with Crippen molar-refractivity contribution < 1.29 is 13.9 Å². The summed E-state index contributed by atoms with van der Waals surface area (Å²) < 4.78 is 26.5. The van der Waals surface area contributed by atoms with Crippen molar-refractivity contribution in [3.05, 3.63) is 63.7 Å². The van der Waals surface area contributed by atoms with Crippen molar-refractivity contribution in [2.24, 2.45) is 0 Å². The molecule has 0 spiro atoms. The van der Waals surface area contributed by atoms with Crippen LogP contribution in [0.25, 0.3) is 10.9 Å². The molecule has 7 heteroatoms. The Kier molecular flexibility index (Phi) is 4.88. The maximum absolute atomic E-state index is 14.0. The van der Waals surface area contributed by atoms with Crippen LogP contribution in [0.3, 0.4) is 0 Å². The molecule has 3 aromatic rings. The number of nitrogens with zero attached hydrogens (tertiary/aromatic N) is 2. The summed E-state index contributed by atoms with van der Waals surface area (Å²) in [7, 11) is 0. The number of halogens is 1. The summed E-state index contributed by atoms with van der Waals surface area (Å²) >= 11 is 1.40. The number of benzene rings is 2. The first-order chi connectivity index (χ1) is 13.0. The van der Waals surface area contributed by atoms with Gasteiger partial charge in [-0.1, -0.05) is 23.9 Å². The molecule has 1 aromatic heterocycles. The molecule has 0 saturated heterocycles. The molecule has 140 valence electrons. The van der Waals surface area contributed by atoms with E-state index in [0.717, 1.165) is 5.56 Å². The standard InChI is InChI=1S/C20H19FN2O3S/c1-12(2)23-19(24)16-5-3-4-6-17(16)22-20(23)27-10-14-8-15(21)7-13-9-25-11-26-18(13)14/h3-8,12H,9-11H2,1-2H3. The molecule has 0 amide bonds. The Hall–Kier alpha value is -2.38. The van der Waals surface area contributed by atoms with Crippen LogP contribution in [0, 0.1) is 5.82 Å². The number of fused-ring (bicyclic) bond motifs is 2. The minimum Gasteiger partial charge on any atom is -0.467 e. The fraction of sp³-hybridized carbons (Fsp3) is 0.300. The van der Waals surface area contributed by atoms with Crippen LogP contribution in [0.1, 0.15) is 31.0 Å². The lowest BCUT2D eigenvalue weighted by molar-refractivity contribution is -0.0171. The van der Waals surface area contributed by atoms with Gasteiger partial charge in [0.05, 0.1) is 17.5 Å². The maximum atomic E-state index is 14.0. The van der Waals surface area contributed by atoms with Crippen molar-refractivity contribution >= 4 is 22.7 Å². The zero-order valence-corrected chi connectivity index (χ0v) is 15.9. The van der Waals surface area contributed by atoms with Gasteiger partial charge in [-0.15, -0.1) is 0 Å². The fourth-order valence-corrected chi connectivity index (χ4v) is 4.28. The lowest BCUT2D eigenvalue weighted by Crippen LogP contribution is -2.25. The number of ether oxygens (including phenoxy) is 2. The SMILES string of the molecule is CC(C)n1c(SCc2cc(F)cc3c2OCOC3)nc2ccccc2c1=O. The van der Waals surface area contributed by atoms with Gasteiger partial charge in [-0.05, 0) is 38.1 Å². The van der Waals surface area contributed by atoms with Gasteiger partial charge in [0.1, 0.15) is 11.6 Å². The molecule has 2 heterocycles. The molecule has 0 bridgehead atoms. The number of hydrogen-bond donors (Lipinski definition) is 0. The van der Waals surface area contributed by atoms with Crippen molar-refractivity contribution in [3.63, 3.8) is 0 Å². The highest BCUT2D eigenvalue weighted by Gasteiger charge is 2.19. The van der Waals surface area contributed by atoms with Crippen LogP contribution < -0.4 is 10.3 Å². The number of hydrogen-bond acceptors (Lipinski definition) is 5. The molecule has 27 heavy (non-hydrogen) atoms. The molecular weight excluding hydrogens is 367 g/mol. The van der Waals surface area contributed by atoms with Crippen LogP contribution in [0.2, 0.25) is 0 Å². The van der Waals surface area contributed by atoms with Crippen molar-refractivity contribution in [1.29, 1.82) is 0 Å². The summed E-state index contributed by atoms with van der Waals surface area (Å²) in [6, 6.07) is 10.2. The largest absolute Gasteiger partial charge is 0.467 e. The second kappa shape index (κ2) is 7.32. The van der Waals surface area contributed by atoms with E-state index in [0.29, 0.717) is 39.7 Å². The third-order valence-corrected chi connectivity index (χ3v) is 5.40. The van der Waals surface area contributed by atoms with Crippen LogP contribution in [0.4, 0.5) is 4.39 Å². The highest BCUT2D eigenvalue weighted by molar-refractivity contribution is 7.98. The van der Waals surface area contributed by atoms with Gasteiger partial charge in [0.25, 0.3) is 5.56 Å². The van der Waals surface area contributed by atoms with Gasteiger partial charge < -0.3 is 9.47 Å². The van der Waals surface area contributed by atoms with E-state index in [-0.39, 0.29) is 24.2 Å². The summed E-state index contributed by atoms with van der Waals surface area (Å²) in [6.45, 7) is 4.38. The predicted molar refractivity (Wildman–Crippen MR) is 103 cm³/mol. The molecule has 0 unspecified atom stereocenters. The second-order valence-corrected chi connectivity index (χ2v) is 7.58. The minimum absolute atomic E-state index is 0.0387. The van der Waals surface area contributed by atoms with Crippen LogP contribution in [0.15, 0.2) is 46.3 Å². The van der Waals surface area contributed by atoms with Gasteiger partial charge >= 0.3 is 0 Å². The van der Waals surface area contributed by atoms with E-state index in [4.69, 9.17) is 9.47 Å². The van der Waals surface area contributed by atoms with Gasteiger partial charge in [-0.3, -0.25) is 9.36 Å². The van der Waals surface area contributed by atoms with E-state index >= 15 is 0 Å². The zero-order valence-electron chi connectivity index (χ0n) is 15.1. The quantitative estimate of drug-likeness (QED) is 0.495. The Labute approximate surface area is 160 Å². The van der Waals surface area contributed by atoms with E-state index in [1.165, 1.54) is 23.9 Å². The average Bonchev–Trinajstić information content (AvgIpc) is 2.65. The minimum atomic E-state index is -0.328. The third-order valence-electron chi connectivity index (χ3n) is 4.40. The smallest absolute Gasteiger partial charge is 0.262 e. The molecule has 0 radical (unpaired) electrons. The van der Waals surface area contributed by atoms with Gasteiger partial charge in [-0.25, -0.2) is 9.37 Å². The van der Waals surface area contributed by atoms with Gasteiger partial charge in [0.15, 0.2) is 11.9 Å². The third kappa shape index (κ3) is 3.44. The topological polar surface area (TPSA) is 53.4 Å². The summed E-state index contributed by atoms with van der Waals surface area (Å²) in [5, 5.41) is 1.21. The first-order valence-electron chi connectivity index (χ1n) is 8.70. The summed E-state index contributed by atoms with van der Waals surface area (Å²) in [5.41, 5.74) is 2.03. The molecule has 0 atom stereocenters. The summed E-state index contributed by atoms with van der Waals surface area (Å²) in [4.78, 5) is 17.6. The molecule has 5 nitrogen and oxygen atoms in total. The molecule has 1 aliphatic heterocycles. The molecule has 0 aliphatic carbocycles. The van der Waals surface area contributed by atoms with E-state index < -0.39 is 0 Å². The lowest BCUT2D eigenvalue weighted by atomic mass is 10.1. The molecular formula is C20H19FN2O3S. The number of para-hydroxylation sites is 1. The van der Waals surface area contributed by atoms with Crippen molar-refractivity contribution in [2.45, 2.75) is 37.4 Å². The lowest BCUT2D eigenvalue weighted by Gasteiger charge is -2.21. The molecule has 0 saturated carbocycles. The predicted octanol–water partition coefficient (Wildman–Crippen LogP) is 4.28. The Bertz CT molecular complexity index is 1070. The Morgan fingerprint density at radius 3 is 2.93 bits per heavy atom. The molecule has 0 fully saturated rings. The molecule has 1 aliphatic rings. The first-order valence-corrected chi connectivity index (χ1v) is 9.69. The maximum Gasteiger partial charge on any atom is 0.262 e. The molecule has 4 rings (SSSR count). The van der Waals surface area contributed by atoms with Crippen molar-refractivity contribution in [1.82, 2.24) is 9.55 Å². The Morgan fingerprint density at radius 1 is 1.30 bits per heavy atom. The normalized spacial score (nSPS) is 13.6. The van der Waals surface area contributed by atoms with E-state index in [1.807, 2.05) is 32.0 Å². The van der Waals surface area contributed by atoms with Crippen molar-refractivity contribution in [2.75, 3.05) is 6.79 Å². The van der Waals surface area contributed by atoms with Crippen LogP contribution in [0.5, 0.6) is 5.75 Å². The number of aromatic nitrogens is 2. The number of thioether (sulfide) groups is 1. The first kappa shape index (κ1) is 18.0. The van der Waals surface area contributed by atoms with Crippen LogP contribution in [-0.2, 0) is 17.1 Å². The van der Waals surface area contributed by atoms with Gasteiger partial charge in [0.2, 0.25) is 0 Å². The molecule has 0 N–H and O–H groups in total. The van der Waals surface area contributed by atoms with Gasteiger partial charge in [0, 0.05) is 22.9 Å². The monoisotopic (exact) mass is 386 g/mol. The number of rotatable bonds is 4. The van der Waals surface area contributed by atoms with Crippen LogP contribution >= 0.6 is 11.8 Å². The van der Waals surface area contributed by atoms with Crippen molar-refractivity contribution in [3.8, 4) is 5.75 Å². The van der Waals surface area contributed by atoms with E-state index in [9.17, 15) is 9.18 Å².